The summed E-state index contributed by atoms with van der Waals surface area (Å²) in [5, 5.41) is 1.29. The van der Waals surface area contributed by atoms with E-state index in [2.05, 4.69) is 9.97 Å². The number of carbonyl (C=O) groups excluding carboxylic acids is 2. The standard InChI is InChI=1S/C40H38F2N6O6S4/c1-2-57(51,52)33-9-5-3-7-28(33)37(49)45-18-22-48(23-19-45)40-43-30-13-11-26(35(42)36(30)56-40)15-24-58(53,54)34-10-6-4-8-29(34)38(50)46-16-20-47(21-17-46)39-44-31-25-27(41)12-14-32(31)55-39/h3-14,25H,2,15-24H2,1H3. The fourth-order valence-electron chi connectivity index (χ4n) is 7.22. The number of sulfone groups is 2. The van der Waals surface area contributed by atoms with E-state index in [-0.39, 0.29) is 55.1 Å². The van der Waals surface area contributed by atoms with Crippen LogP contribution in [0.2, 0.25) is 0 Å². The number of benzene rings is 4. The van der Waals surface area contributed by atoms with E-state index in [1.807, 2.05) is 9.80 Å². The summed E-state index contributed by atoms with van der Waals surface area (Å²) in [5.74, 6) is -2.23. The van der Waals surface area contributed by atoms with Crippen molar-refractivity contribution in [2.45, 2.75) is 23.1 Å². The van der Waals surface area contributed by atoms with E-state index in [9.17, 15) is 30.8 Å². The van der Waals surface area contributed by atoms with Gasteiger partial charge in [-0.1, -0.05) is 59.9 Å². The smallest absolute Gasteiger partial charge is 0.255 e. The Balaban J connectivity index is 0.909. The molecule has 0 spiro atoms. The topological polar surface area (TPSA) is 141 Å². The summed E-state index contributed by atoms with van der Waals surface area (Å²) >= 11 is 2.59. The van der Waals surface area contributed by atoms with E-state index in [4.69, 9.17) is 0 Å². The van der Waals surface area contributed by atoms with Gasteiger partial charge in [0.1, 0.15) is 11.6 Å². The van der Waals surface area contributed by atoms with Gasteiger partial charge >= 0.3 is 0 Å². The molecule has 0 N–H and O–H groups in total. The van der Waals surface area contributed by atoms with Crippen LogP contribution in [-0.2, 0) is 26.1 Å². The normalized spacial score (nSPS) is 15.4. The third-order valence-electron chi connectivity index (χ3n) is 10.5. The van der Waals surface area contributed by atoms with Crippen LogP contribution in [0.3, 0.4) is 0 Å². The minimum Gasteiger partial charge on any atom is -0.345 e. The van der Waals surface area contributed by atoms with Crippen LogP contribution in [0.5, 0.6) is 0 Å². The molecule has 8 rings (SSSR count). The molecular weight excluding hydrogens is 827 g/mol. The molecule has 4 aromatic carbocycles. The molecule has 0 aliphatic carbocycles. The highest BCUT2D eigenvalue weighted by Crippen LogP contribution is 2.34. The van der Waals surface area contributed by atoms with Crippen molar-refractivity contribution in [1.82, 2.24) is 19.8 Å². The molecule has 18 heteroatoms. The number of fused-ring (bicyclic) bond motifs is 2. The number of aromatic nitrogens is 2. The maximum Gasteiger partial charge on any atom is 0.255 e. The van der Waals surface area contributed by atoms with Crippen molar-refractivity contribution in [2.75, 3.05) is 73.7 Å². The lowest BCUT2D eigenvalue weighted by molar-refractivity contribution is 0.0735. The predicted molar refractivity (Wildman–Crippen MR) is 222 cm³/mol. The van der Waals surface area contributed by atoms with Gasteiger partial charge in [-0.2, -0.15) is 0 Å². The van der Waals surface area contributed by atoms with Gasteiger partial charge in [0.25, 0.3) is 11.8 Å². The van der Waals surface area contributed by atoms with Crippen LogP contribution in [0, 0.1) is 11.6 Å². The third kappa shape index (κ3) is 7.77. The number of carbonyl (C=O) groups is 2. The van der Waals surface area contributed by atoms with Crippen molar-refractivity contribution >= 4 is 84.9 Å². The Bertz CT molecular complexity index is 2780. The van der Waals surface area contributed by atoms with E-state index in [0.29, 0.717) is 68.5 Å². The van der Waals surface area contributed by atoms with E-state index in [0.717, 1.165) is 21.2 Å². The lowest BCUT2D eigenvalue weighted by Crippen LogP contribution is -2.49. The highest BCUT2D eigenvalue weighted by molar-refractivity contribution is 7.91. The summed E-state index contributed by atoms with van der Waals surface area (Å²) in [6.07, 6.45) is -0.124. The monoisotopic (exact) mass is 864 g/mol. The summed E-state index contributed by atoms with van der Waals surface area (Å²) in [5.41, 5.74) is 1.41. The van der Waals surface area contributed by atoms with Gasteiger partial charge in [-0.3, -0.25) is 9.59 Å². The highest BCUT2D eigenvalue weighted by Gasteiger charge is 2.31. The first-order valence-electron chi connectivity index (χ1n) is 18.7. The summed E-state index contributed by atoms with van der Waals surface area (Å²) in [6.45, 7) is 4.60. The van der Waals surface area contributed by atoms with Crippen LogP contribution >= 0.6 is 22.7 Å². The lowest BCUT2D eigenvalue weighted by Gasteiger charge is -2.34. The van der Waals surface area contributed by atoms with Crippen LogP contribution in [0.4, 0.5) is 19.0 Å². The van der Waals surface area contributed by atoms with Crippen LogP contribution in [0.1, 0.15) is 33.2 Å². The fourth-order valence-corrected chi connectivity index (χ4v) is 11.9. The quantitative estimate of drug-likeness (QED) is 0.163. The second-order valence-electron chi connectivity index (χ2n) is 14.0. The molecule has 2 aliphatic heterocycles. The second kappa shape index (κ2) is 16.0. The zero-order chi connectivity index (χ0) is 40.8. The Labute approximate surface area is 342 Å². The number of thiazole rings is 2. The SMILES string of the molecule is CCS(=O)(=O)c1ccccc1C(=O)N1CCN(c2nc3ccc(CCS(=O)(=O)c4ccccc4C(=O)N4CCN(c5nc6cc(F)ccc6s5)CC4)c(F)c3s2)CC1. The molecule has 0 bridgehead atoms. The maximum atomic E-state index is 16.0. The Morgan fingerprint density at radius 3 is 1.78 bits per heavy atom. The Hall–Kier alpha value is -5.04. The molecule has 2 aromatic heterocycles. The first-order valence-corrected chi connectivity index (χ1v) is 23.6. The minimum atomic E-state index is -4.02. The van der Waals surface area contributed by atoms with Gasteiger partial charge in [0.2, 0.25) is 0 Å². The van der Waals surface area contributed by atoms with Crippen molar-refractivity contribution in [3.63, 3.8) is 0 Å². The number of anilines is 2. The van der Waals surface area contributed by atoms with Crippen LogP contribution in [-0.4, -0.2) is 112 Å². The number of hydrogen-bond acceptors (Lipinski definition) is 12. The Kier molecular flexibility index (Phi) is 10.9. The second-order valence-corrected chi connectivity index (χ2v) is 20.3. The van der Waals surface area contributed by atoms with Crippen molar-refractivity contribution < 1.29 is 35.2 Å². The molecule has 2 fully saturated rings. The molecule has 4 heterocycles. The Morgan fingerprint density at radius 2 is 1.19 bits per heavy atom. The van der Waals surface area contributed by atoms with Gasteiger partial charge in [0.05, 0.1) is 52.9 Å². The van der Waals surface area contributed by atoms with Crippen LogP contribution in [0.15, 0.2) is 88.7 Å². The van der Waals surface area contributed by atoms with Crippen molar-refractivity contribution in [3.8, 4) is 0 Å². The molecule has 2 aliphatic rings. The van der Waals surface area contributed by atoms with Gasteiger partial charge in [-0.15, -0.1) is 0 Å². The summed E-state index contributed by atoms with van der Waals surface area (Å²) < 4.78 is 83.7. The fraction of sp³-hybridized carbons (Fsp3) is 0.300. The van der Waals surface area contributed by atoms with Gasteiger partial charge in [0.15, 0.2) is 29.9 Å². The maximum absolute atomic E-state index is 16.0. The van der Waals surface area contributed by atoms with Gasteiger partial charge in [0, 0.05) is 58.4 Å². The lowest BCUT2D eigenvalue weighted by atomic mass is 10.1. The number of rotatable bonds is 10. The minimum absolute atomic E-state index is 0.0149. The predicted octanol–water partition coefficient (Wildman–Crippen LogP) is 5.92. The number of halogens is 2. The van der Waals surface area contributed by atoms with Crippen molar-refractivity contribution in [3.05, 3.63) is 107 Å². The van der Waals surface area contributed by atoms with E-state index >= 15 is 4.39 Å². The largest absolute Gasteiger partial charge is 0.345 e. The Morgan fingerprint density at radius 1 is 0.655 bits per heavy atom. The van der Waals surface area contributed by atoms with Crippen molar-refractivity contribution in [2.24, 2.45) is 0 Å². The number of piperazine rings is 2. The van der Waals surface area contributed by atoms with Gasteiger partial charge in [-0.05, 0) is 54.4 Å². The molecule has 0 atom stereocenters. The molecule has 2 saturated heterocycles. The van der Waals surface area contributed by atoms with Gasteiger partial charge < -0.3 is 19.6 Å². The molecule has 6 aromatic rings. The molecule has 0 saturated carbocycles. The van der Waals surface area contributed by atoms with E-state index in [1.165, 1.54) is 60.7 Å². The van der Waals surface area contributed by atoms with E-state index < -0.39 is 37.2 Å². The van der Waals surface area contributed by atoms with E-state index in [1.54, 1.807) is 46.2 Å². The average Bonchev–Trinajstić information content (AvgIpc) is 3.88. The zero-order valence-corrected chi connectivity index (χ0v) is 34.6. The zero-order valence-electron chi connectivity index (χ0n) is 31.3. The first kappa shape index (κ1) is 39.8. The first-order chi connectivity index (χ1) is 27.8. The molecule has 58 heavy (non-hydrogen) atoms. The summed E-state index contributed by atoms with van der Waals surface area (Å²) in [4.78, 5) is 43.4. The summed E-state index contributed by atoms with van der Waals surface area (Å²) in [6, 6.07) is 20.0. The third-order valence-corrected chi connectivity index (χ3v) is 16.3. The van der Waals surface area contributed by atoms with Gasteiger partial charge in [-0.25, -0.2) is 35.6 Å². The van der Waals surface area contributed by atoms with Crippen LogP contribution in [0.25, 0.3) is 20.4 Å². The molecule has 302 valence electrons. The number of amides is 2. The number of nitrogens with zero attached hydrogens (tertiary/aromatic N) is 6. The van der Waals surface area contributed by atoms with Crippen molar-refractivity contribution in [1.29, 1.82) is 0 Å². The molecule has 0 unspecified atom stereocenters. The summed E-state index contributed by atoms with van der Waals surface area (Å²) in [7, 11) is -7.62. The molecule has 2 amide bonds. The average molecular weight is 865 g/mol. The molecule has 0 radical (unpaired) electrons. The number of hydrogen-bond donors (Lipinski definition) is 0. The highest BCUT2D eigenvalue weighted by atomic mass is 32.2. The molecular formula is C40H38F2N6O6S4. The van der Waals surface area contributed by atoms with Crippen LogP contribution < -0.4 is 9.80 Å². The number of aryl methyl sites for hydroxylation is 1. The molecule has 12 nitrogen and oxygen atoms in total.